The van der Waals surface area contributed by atoms with Crippen LogP contribution in [0.3, 0.4) is 0 Å². The summed E-state index contributed by atoms with van der Waals surface area (Å²) in [6.07, 6.45) is 0. The largest absolute Gasteiger partial charge is 0.497 e. The number of nitrogens with zero attached hydrogens (tertiary/aromatic N) is 4. The van der Waals surface area contributed by atoms with E-state index in [1.54, 1.807) is 7.11 Å². The van der Waals surface area contributed by atoms with Crippen LogP contribution in [0, 0.1) is 13.8 Å². The van der Waals surface area contributed by atoms with Crippen LogP contribution in [0.15, 0.2) is 71.1 Å². The van der Waals surface area contributed by atoms with E-state index in [2.05, 4.69) is 52.5 Å². The van der Waals surface area contributed by atoms with Gasteiger partial charge in [0.05, 0.1) is 12.6 Å². The lowest BCUT2D eigenvalue weighted by Crippen LogP contribution is -2.00. The number of hydrogen-bond acceptors (Lipinski definition) is 7. The van der Waals surface area contributed by atoms with Gasteiger partial charge in [-0.05, 0) is 73.5 Å². The number of aromatic nitrogens is 4. The molecular formula is C25H21N5O2. The third kappa shape index (κ3) is 3.88. The zero-order chi connectivity index (χ0) is 22.1. The Morgan fingerprint density at radius 2 is 1.53 bits per heavy atom. The molecule has 158 valence electrons. The van der Waals surface area contributed by atoms with Gasteiger partial charge >= 0.3 is 0 Å². The van der Waals surface area contributed by atoms with Gasteiger partial charge in [0.15, 0.2) is 0 Å². The molecule has 0 aliphatic rings. The lowest BCUT2D eigenvalue weighted by molar-refractivity contribution is 0.415. The van der Waals surface area contributed by atoms with Gasteiger partial charge in [-0.25, -0.2) is 9.97 Å². The van der Waals surface area contributed by atoms with Gasteiger partial charge in [0.25, 0.3) is 5.89 Å². The molecule has 3 aromatic carbocycles. The van der Waals surface area contributed by atoms with E-state index in [1.807, 2.05) is 48.5 Å². The molecule has 0 saturated heterocycles. The maximum Gasteiger partial charge on any atom is 0.286 e. The first kappa shape index (κ1) is 19.7. The fraction of sp³-hybridized carbons (Fsp3) is 0.120. The highest BCUT2D eigenvalue weighted by Crippen LogP contribution is 2.29. The molecule has 0 spiro atoms. The standard InChI is InChI=1S/C25H21N5O2/c1-15-12-16(2)14-18(13-15)26-22-20-6-4-5-7-21(20)27-23(28-22)25-30-29-24(32-25)17-8-10-19(31-3)11-9-17/h4-14H,1-3H3,(H,26,27,28). The molecule has 32 heavy (non-hydrogen) atoms. The molecule has 0 bridgehead atoms. The minimum atomic E-state index is 0.255. The Hall–Kier alpha value is -4.26. The Morgan fingerprint density at radius 1 is 0.812 bits per heavy atom. The zero-order valence-electron chi connectivity index (χ0n) is 18.0. The lowest BCUT2D eigenvalue weighted by atomic mass is 10.1. The van der Waals surface area contributed by atoms with Crippen LogP contribution in [-0.2, 0) is 0 Å². The summed E-state index contributed by atoms with van der Waals surface area (Å²) in [6, 6.07) is 21.5. The number of aryl methyl sites for hydroxylation is 2. The van der Waals surface area contributed by atoms with E-state index in [0.29, 0.717) is 17.5 Å². The summed E-state index contributed by atoms with van der Waals surface area (Å²) in [4.78, 5) is 9.37. The fourth-order valence-electron chi connectivity index (χ4n) is 3.61. The van der Waals surface area contributed by atoms with E-state index >= 15 is 0 Å². The van der Waals surface area contributed by atoms with Crippen molar-refractivity contribution in [3.05, 3.63) is 77.9 Å². The minimum Gasteiger partial charge on any atom is -0.497 e. The molecule has 0 aliphatic heterocycles. The molecule has 0 radical (unpaired) electrons. The average molecular weight is 423 g/mol. The number of methoxy groups -OCH3 is 1. The van der Waals surface area contributed by atoms with E-state index in [4.69, 9.17) is 14.1 Å². The predicted molar refractivity (Wildman–Crippen MR) is 124 cm³/mol. The second-order valence-electron chi connectivity index (χ2n) is 7.56. The van der Waals surface area contributed by atoms with Crippen molar-refractivity contribution in [1.82, 2.24) is 20.2 Å². The van der Waals surface area contributed by atoms with E-state index in [-0.39, 0.29) is 5.89 Å². The number of anilines is 2. The molecule has 0 saturated carbocycles. The molecule has 0 aliphatic carbocycles. The van der Waals surface area contributed by atoms with Crippen LogP contribution in [0.4, 0.5) is 11.5 Å². The zero-order valence-corrected chi connectivity index (χ0v) is 18.0. The number of ether oxygens (including phenoxy) is 1. The van der Waals surface area contributed by atoms with Gasteiger partial charge in [-0.1, -0.05) is 18.2 Å². The maximum atomic E-state index is 5.91. The predicted octanol–water partition coefficient (Wildman–Crippen LogP) is 5.72. The first-order valence-electron chi connectivity index (χ1n) is 10.2. The normalized spacial score (nSPS) is 11.0. The van der Waals surface area contributed by atoms with E-state index < -0.39 is 0 Å². The molecule has 0 unspecified atom stereocenters. The highest BCUT2D eigenvalue weighted by Gasteiger charge is 2.16. The van der Waals surface area contributed by atoms with Crippen molar-refractivity contribution >= 4 is 22.4 Å². The molecule has 0 fully saturated rings. The Morgan fingerprint density at radius 3 is 2.28 bits per heavy atom. The molecular weight excluding hydrogens is 402 g/mol. The first-order chi connectivity index (χ1) is 15.6. The number of nitrogens with one attached hydrogen (secondary N) is 1. The highest BCUT2D eigenvalue weighted by atomic mass is 16.5. The van der Waals surface area contributed by atoms with Crippen LogP contribution in [0.5, 0.6) is 5.75 Å². The summed E-state index contributed by atoms with van der Waals surface area (Å²) in [5, 5.41) is 12.7. The first-order valence-corrected chi connectivity index (χ1v) is 10.2. The van der Waals surface area contributed by atoms with Gasteiger partial charge in [0, 0.05) is 16.6 Å². The molecule has 5 aromatic rings. The Bertz CT molecular complexity index is 1390. The molecule has 0 amide bonds. The van der Waals surface area contributed by atoms with Crippen molar-refractivity contribution < 1.29 is 9.15 Å². The SMILES string of the molecule is COc1ccc(-c2nnc(-c3nc(Nc4cc(C)cc(C)c4)c4ccccc4n3)o2)cc1. The smallest absolute Gasteiger partial charge is 0.286 e. The van der Waals surface area contributed by atoms with Crippen molar-refractivity contribution in [2.75, 3.05) is 12.4 Å². The van der Waals surface area contributed by atoms with Gasteiger partial charge in [-0.2, -0.15) is 0 Å². The van der Waals surface area contributed by atoms with Gasteiger partial charge in [-0.15, -0.1) is 10.2 Å². The summed E-state index contributed by atoms with van der Waals surface area (Å²) in [5.74, 6) is 2.45. The topological polar surface area (TPSA) is 86.0 Å². The summed E-state index contributed by atoms with van der Waals surface area (Å²) < 4.78 is 11.1. The van der Waals surface area contributed by atoms with Crippen LogP contribution in [0.2, 0.25) is 0 Å². The second kappa shape index (κ2) is 8.11. The van der Waals surface area contributed by atoms with Crippen LogP contribution >= 0.6 is 0 Å². The Balaban J connectivity index is 1.55. The van der Waals surface area contributed by atoms with Crippen molar-refractivity contribution in [3.63, 3.8) is 0 Å². The third-order valence-corrected chi connectivity index (χ3v) is 5.04. The van der Waals surface area contributed by atoms with E-state index in [1.165, 1.54) is 11.1 Å². The number of fused-ring (bicyclic) bond motifs is 1. The molecule has 5 rings (SSSR count). The average Bonchev–Trinajstić information content (AvgIpc) is 3.29. The van der Waals surface area contributed by atoms with Gasteiger partial charge in [-0.3, -0.25) is 0 Å². The van der Waals surface area contributed by atoms with E-state index in [0.717, 1.165) is 27.9 Å². The summed E-state index contributed by atoms with van der Waals surface area (Å²) in [5.41, 5.74) is 4.88. The third-order valence-electron chi connectivity index (χ3n) is 5.04. The van der Waals surface area contributed by atoms with Gasteiger partial charge in [0.2, 0.25) is 11.7 Å². The lowest BCUT2D eigenvalue weighted by Gasteiger charge is -2.11. The molecule has 0 atom stereocenters. The molecule has 1 N–H and O–H groups in total. The van der Waals surface area contributed by atoms with Crippen LogP contribution < -0.4 is 10.1 Å². The number of benzene rings is 3. The summed E-state index contributed by atoms with van der Waals surface area (Å²) >= 11 is 0. The number of hydrogen-bond donors (Lipinski definition) is 1. The summed E-state index contributed by atoms with van der Waals surface area (Å²) in [6.45, 7) is 4.14. The van der Waals surface area contributed by atoms with Crippen LogP contribution in [-0.4, -0.2) is 27.3 Å². The monoisotopic (exact) mass is 423 g/mol. The maximum absolute atomic E-state index is 5.91. The number of rotatable bonds is 5. The van der Waals surface area contributed by atoms with Crippen molar-refractivity contribution in [2.45, 2.75) is 13.8 Å². The molecule has 7 nitrogen and oxygen atoms in total. The van der Waals surface area contributed by atoms with Crippen molar-refractivity contribution in [3.8, 4) is 28.9 Å². The number of para-hydroxylation sites is 1. The summed E-state index contributed by atoms with van der Waals surface area (Å²) in [7, 11) is 1.63. The van der Waals surface area contributed by atoms with Crippen molar-refractivity contribution in [1.29, 1.82) is 0 Å². The molecule has 7 heteroatoms. The quantitative estimate of drug-likeness (QED) is 0.387. The van der Waals surface area contributed by atoms with Crippen molar-refractivity contribution in [2.24, 2.45) is 0 Å². The van der Waals surface area contributed by atoms with Gasteiger partial charge in [0.1, 0.15) is 11.6 Å². The molecule has 2 aromatic heterocycles. The van der Waals surface area contributed by atoms with Gasteiger partial charge < -0.3 is 14.5 Å². The molecule has 2 heterocycles. The highest BCUT2D eigenvalue weighted by molar-refractivity contribution is 5.92. The van der Waals surface area contributed by atoms with Crippen LogP contribution in [0.25, 0.3) is 34.1 Å². The fourth-order valence-corrected chi connectivity index (χ4v) is 3.61. The minimum absolute atomic E-state index is 0.255. The second-order valence-corrected chi connectivity index (χ2v) is 7.56. The van der Waals surface area contributed by atoms with Crippen LogP contribution in [0.1, 0.15) is 11.1 Å². The Kier molecular flexibility index (Phi) is 4.99. The Labute approximate surface area is 185 Å². The van der Waals surface area contributed by atoms with E-state index in [9.17, 15) is 0 Å².